The zero-order chi connectivity index (χ0) is 16.4. The van der Waals surface area contributed by atoms with Gasteiger partial charge in [0.2, 0.25) is 0 Å². The SMILES string of the molecule is CC1CCN(C2=NC(=O)/C(=C/c3ccc(C(C)C)cc3)S2)CC1. The highest BCUT2D eigenvalue weighted by Crippen LogP contribution is 2.32. The standard InChI is InChI=1S/C19H24N2OS/c1-13(2)16-6-4-15(5-7-16)12-17-18(22)20-19(23-17)21-10-8-14(3)9-11-21/h4-7,12-14H,8-11H2,1-3H3/b17-12-. The summed E-state index contributed by atoms with van der Waals surface area (Å²) in [7, 11) is 0. The van der Waals surface area contributed by atoms with Crippen LogP contribution in [-0.2, 0) is 4.79 Å². The average molecular weight is 328 g/mol. The van der Waals surface area contributed by atoms with E-state index < -0.39 is 0 Å². The van der Waals surface area contributed by atoms with Gasteiger partial charge in [0, 0.05) is 13.1 Å². The third kappa shape index (κ3) is 3.86. The van der Waals surface area contributed by atoms with Crippen LogP contribution in [-0.4, -0.2) is 29.1 Å². The van der Waals surface area contributed by atoms with E-state index in [4.69, 9.17) is 0 Å². The number of thioether (sulfide) groups is 1. The quantitative estimate of drug-likeness (QED) is 0.749. The second-order valence-electron chi connectivity index (χ2n) is 6.80. The van der Waals surface area contributed by atoms with Crippen LogP contribution in [0.4, 0.5) is 0 Å². The minimum atomic E-state index is -0.100. The molecule has 0 aromatic heterocycles. The van der Waals surface area contributed by atoms with Crippen LogP contribution in [0.15, 0.2) is 34.2 Å². The van der Waals surface area contributed by atoms with Crippen molar-refractivity contribution in [1.29, 1.82) is 0 Å². The van der Waals surface area contributed by atoms with E-state index in [0.29, 0.717) is 5.92 Å². The van der Waals surface area contributed by atoms with Crippen LogP contribution in [0.3, 0.4) is 0 Å². The molecule has 0 unspecified atom stereocenters. The van der Waals surface area contributed by atoms with Gasteiger partial charge in [-0.05, 0) is 53.6 Å². The van der Waals surface area contributed by atoms with Crippen LogP contribution in [0.2, 0.25) is 0 Å². The van der Waals surface area contributed by atoms with Crippen molar-refractivity contribution < 1.29 is 4.79 Å². The van der Waals surface area contributed by atoms with Crippen LogP contribution in [0.25, 0.3) is 6.08 Å². The van der Waals surface area contributed by atoms with Gasteiger partial charge >= 0.3 is 0 Å². The second-order valence-corrected chi connectivity index (χ2v) is 7.81. The Morgan fingerprint density at radius 3 is 2.48 bits per heavy atom. The lowest BCUT2D eigenvalue weighted by Crippen LogP contribution is -2.35. The predicted octanol–water partition coefficient (Wildman–Crippen LogP) is 4.51. The first kappa shape index (κ1) is 16.3. The highest BCUT2D eigenvalue weighted by molar-refractivity contribution is 8.18. The van der Waals surface area contributed by atoms with Gasteiger partial charge in [-0.3, -0.25) is 4.79 Å². The van der Waals surface area contributed by atoms with Crippen molar-refractivity contribution >= 4 is 28.9 Å². The number of hydrogen-bond donors (Lipinski definition) is 0. The van der Waals surface area contributed by atoms with E-state index in [1.165, 1.54) is 30.2 Å². The molecule has 0 bridgehead atoms. The Bertz CT molecular complexity index is 638. The Balaban J connectivity index is 1.69. The van der Waals surface area contributed by atoms with Gasteiger partial charge in [-0.1, -0.05) is 45.0 Å². The Morgan fingerprint density at radius 2 is 1.87 bits per heavy atom. The van der Waals surface area contributed by atoms with Gasteiger partial charge in [0.1, 0.15) is 0 Å². The number of piperidine rings is 1. The van der Waals surface area contributed by atoms with E-state index in [9.17, 15) is 4.79 Å². The summed E-state index contributed by atoms with van der Waals surface area (Å²) < 4.78 is 0. The summed E-state index contributed by atoms with van der Waals surface area (Å²) in [6.07, 6.45) is 4.33. The van der Waals surface area contributed by atoms with E-state index in [0.717, 1.165) is 34.6 Å². The summed E-state index contributed by atoms with van der Waals surface area (Å²) in [6, 6.07) is 8.43. The average Bonchev–Trinajstić information content (AvgIpc) is 2.89. The van der Waals surface area contributed by atoms with E-state index in [2.05, 4.69) is 54.9 Å². The minimum absolute atomic E-state index is 0.100. The van der Waals surface area contributed by atoms with Crippen molar-refractivity contribution in [2.24, 2.45) is 10.9 Å². The number of carbonyl (C=O) groups is 1. The molecule has 2 aliphatic rings. The molecule has 1 aromatic rings. The summed E-state index contributed by atoms with van der Waals surface area (Å²) in [4.78, 5) is 19.4. The van der Waals surface area contributed by atoms with Gasteiger partial charge in [-0.15, -0.1) is 0 Å². The second kappa shape index (κ2) is 6.91. The molecule has 23 heavy (non-hydrogen) atoms. The van der Waals surface area contributed by atoms with Gasteiger partial charge in [-0.2, -0.15) is 4.99 Å². The van der Waals surface area contributed by atoms with Crippen molar-refractivity contribution in [1.82, 2.24) is 4.90 Å². The number of likely N-dealkylation sites (tertiary alicyclic amines) is 1. The molecule has 3 nitrogen and oxygen atoms in total. The lowest BCUT2D eigenvalue weighted by molar-refractivity contribution is -0.113. The molecule has 0 spiro atoms. The van der Waals surface area contributed by atoms with Gasteiger partial charge < -0.3 is 4.90 Å². The molecule has 0 N–H and O–H groups in total. The van der Waals surface area contributed by atoms with Crippen molar-refractivity contribution in [3.63, 3.8) is 0 Å². The first-order chi connectivity index (χ1) is 11.0. The Hall–Kier alpha value is -1.55. The van der Waals surface area contributed by atoms with Crippen molar-refractivity contribution in [3.8, 4) is 0 Å². The molecule has 3 rings (SSSR count). The lowest BCUT2D eigenvalue weighted by Gasteiger charge is -2.30. The number of carbonyl (C=O) groups excluding carboxylic acids is 1. The molecular weight excluding hydrogens is 304 g/mol. The smallest absolute Gasteiger partial charge is 0.286 e. The number of benzene rings is 1. The van der Waals surface area contributed by atoms with E-state index in [1.54, 1.807) is 0 Å². The van der Waals surface area contributed by atoms with Gasteiger partial charge in [-0.25, -0.2) is 0 Å². The first-order valence-electron chi connectivity index (χ1n) is 8.40. The van der Waals surface area contributed by atoms with E-state index in [-0.39, 0.29) is 5.91 Å². The highest BCUT2D eigenvalue weighted by atomic mass is 32.2. The molecule has 1 fully saturated rings. The molecule has 122 valence electrons. The summed E-state index contributed by atoms with van der Waals surface area (Å²) in [5, 5.41) is 0.881. The maximum atomic E-state index is 12.2. The topological polar surface area (TPSA) is 32.7 Å². The Morgan fingerprint density at radius 1 is 1.22 bits per heavy atom. The van der Waals surface area contributed by atoms with Crippen molar-refractivity contribution in [2.75, 3.05) is 13.1 Å². The molecule has 1 aromatic carbocycles. The largest absolute Gasteiger partial charge is 0.351 e. The predicted molar refractivity (Wildman–Crippen MR) is 98.5 cm³/mol. The molecule has 2 aliphatic heterocycles. The first-order valence-corrected chi connectivity index (χ1v) is 9.22. The Labute approximate surface area is 142 Å². The Kier molecular flexibility index (Phi) is 4.90. The van der Waals surface area contributed by atoms with Gasteiger partial charge in [0.05, 0.1) is 4.91 Å². The number of amidine groups is 1. The maximum Gasteiger partial charge on any atom is 0.286 e. The summed E-state index contributed by atoms with van der Waals surface area (Å²) >= 11 is 1.52. The number of nitrogens with zero attached hydrogens (tertiary/aromatic N) is 2. The number of hydrogen-bond acceptors (Lipinski definition) is 3. The third-order valence-electron chi connectivity index (χ3n) is 4.56. The van der Waals surface area contributed by atoms with Crippen LogP contribution in [0.5, 0.6) is 0 Å². The zero-order valence-corrected chi connectivity index (χ0v) is 14.9. The van der Waals surface area contributed by atoms with Crippen LogP contribution >= 0.6 is 11.8 Å². The monoisotopic (exact) mass is 328 g/mol. The molecule has 0 atom stereocenters. The molecule has 0 aliphatic carbocycles. The van der Waals surface area contributed by atoms with Gasteiger partial charge in [0.15, 0.2) is 5.17 Å². The van der Waals surface area contributed by atoms with Crippen molar-refractivity contribution in [2.45, 2.75) is 39.5 Å². The summed E-state index contributed by atoms with van der Waals surface area (Å²) in [5.41, 5.74) is 2.38. The zero-order valence-electron chi connectivity index (χ0n) is 14.1. The molecule has 2 heterocycles. The van der Waals surface area contributed by atoms with Crippen LogP contribution < -0.4 is 0 Å². The third-order valence-corrected chi connectivity index (χ3v) is 5.61. The maximum absolute atomic E-state index is 12.2. The fraction of sp³-hybridized carbons (Fsp3) is 0.474. The molecular formula is C19H24N2OS. The van der Waals surface area contributed by atoms with Crippen LogP contribution in [0, 0.1) is 5.92 Å². The fourth-order valence-corrected chi connectivity index (χ4v) is 3.83. The molecule has 0 radical (unpaired) electrons. The highest BCUT2D eigenvalue weighted by Gasteiger charge is 2.28. The molecule has 0 saturated carbocycles. The van der Waals surface area contributed by atoms with Gasteiger partial charge in [0.25, 0.3) is 5.91 Å². The molecule has 1 saturated heterocycles. The van der Waals surface area contributed by atoms with Crippen LogP contribution in [0.1, 0.15) is 50.7 Å². The lowest BCUT2D eigenvalue weighted by atomic mass is 10.00. The summed E-state index contributed by atoms with van der Waals surface area (Å²) in [5.74, 6) is 1.20. The number of amides is 1. The number of rotatable bonds is 2. The fourth-order valence-electron chi connectivity index (χ4n) is 2.86. The normalized spacial score (nSPS) is 21.4. The summed E-state index contributed by atoms with van der Waals surface area (Å²) in [6.45, 7) is 8.68. The van der Waals surface area contributed by atoms with Crippen molar-refractivity contribution in [3.05, 3.63) is 40.3 Å². The minimum Gasteiger partial charge on any atom is -0.351 e. The number of aliphatic imine (C=N–C) groups is 1. The molecule has 4 heteroatoms. The van der Waals surface area contributed by atoms with E-state index in [1.807, 2.05) is 6.08 Å². The van der Waals surface area contributed by atoms with E-state index >= 15 is 0 Å². The molecule has 1 amide bonds.